The molecule has 20 heavy (non-hydrogen) atoms. The van der Waals surface area contributed by atoms with Gasteiger partial charge in [0.2, 0.25) is 5.91 Å². The SMILES string of the molecule is CCNC1CCCN(c2ccccc2OC(F)F)C1=O. The first-order chi connectivity index (χ1) is 9.63. The molecule has 4 nitrogen and oxygen atoms in total. The summed E-state index contributed by atoms with van der Waals surface area (Å²) in [5.41, 5.74) is 0.403. The number of para-hydroxylation sites is 2. The Bertz CT molecular complexity index is 466. The molecule has 1 unspecified atom stereocenters. The van der Waals surface area contributed by atoms with Crippen LogP contribution in [0.1, 0.15) is 19.8 Å². The molecular weight excluding hydrogens is 266 g/mol. The molecule has 1 atom stereocenters. The van der Waals surface area contributed by atoms with Gasteiger partial charge in [-0.15, -0.1) is 0 Å². The zero-order valence-electron chi connectivity index (χ0n) is 11.3. The smallest absolute Gasteiger partial charge is 0.387 e. The van der Waals surface area contributed by atoms with Crippen molar-refractivity contribution in [3.05, 3.63) is 24.3 Å². The molecule has 1 amide bonds. The van der Waals surface area contributed by atoms with Gasteiger partial charge in [-0.2, -0.15) is 8.78 Å². The fourth-order valence-electron chi connectivity index (χ4n) is 2.43. The zero-order valence-corrected chi connectivity index (χ0v) is 11.3. The first kappa shape index (κ1) is 14.7. The van der Waals surface area contributed by atoms with Gasteiger partial charge in [0.15, 0.2) is 0 Å². The first-order valence-electron chi connectivity index (χ1n) is 6.72. The minimum Gasteiger partial charge on any atom is -0.433 e. The third-order valence-corrected chi connectivity index (χ3v) is 3.26. The number of amides is 1. The van der Waals surface area contributed by atoms with Crippen molar-refractivity contribution >= 4 is 11.6 Å². The molecule has 1 aliphatic rings. The average molecular weight is 284 g/mol. The number of carbonyl (C=O) groups is 1. The van der Waals surface area contributed by atoms with Crippen molar-refractivity contribution in [3.63, 3.8) is 0 Å². The molecule has 1 heterocycles. The van der Waals surface area contributed by atoms with Gasteiger partial charge in [-0.05, 0) is 31.5 Å². The van der Waals surface area contributed by atoms with E-state index < -0.39 is 6.61 Å². The van der Waals surface area contributed by atoms with Crippen LogP contribution in [-0.2, 0) is 4.79 Å². The monoisotopic (exact) mass is 284 g/mol. The van der Waals surface area contributed by atoms with Crippen LogP contribution in [-0.4, -0.2) is 31.7 Å². The van der Waals surface area contributed by atoms with Crippen molar-refractivity contribution in [2.75, 3.05) is 18.0 Å². The Morgan fingerprint density at radius 1 is 1.45 bits per heavy atom. The summed E-state index contributed by atoms with van der Waals surface area (Å²) in [5, 5.41) is 3.11. The molecule has 1 aliphatic heterocycles. The van der Waals surface area contributed by atoms with Crippen molar-refractivity contribution in [1.82, 2.24) is 5.32 Å². The van der Waals surface area contributed by atoms with Gasteiger partial charge in [-0.3, -0.25) is 4.79 Å². The first-order valence-corrected chi connectivity index (χ1v) is 6.72. The highest BCUT2D eigenvalue weighted by Crippen LogP contribution is 2.31. The van der Waals surface area contributed by atoms with E-state index in [1.807, 2.05) is 6.92 Å². The van der Waals surface area contributed by atoms with E-state index in [9.17, 15) is 13.6 Å². The van der Waals surface area contributed by atoms with E-state index in [-0.39, 0.29) is 17.7 Å². The van der Waals surface area contributed by atoms with Gasteiger partial charge in [-0.1, -0.05) is 19.1 Å². The van der Waals surface area contributed by atoms with Crippen LogP contribution in [0, 0.1) is 0 Å². The Kier molecular flexibility index (Phi) is 4.89. The maximum atomic E-state index is 12.4. The topological polar surface area (TPSA) is 41.6 Å². The molecule has 1 fully saturated rings. The standard InChI is InChI=1S/C14H18F2N2O2/c1-2-17-10-6-5-9-18(13(10)19)11-7-3-4-8-12(11)20-14(15)16/h3-4,7-8,10,14,17H,2,5-6,9H2,1H3. The fraction of sp³-hybridized carbons (Fsp3) is 0.500. The summed E-state index contributed by atoms with van der Waals surface area (Å²) in [6.07, 6.45) is 1.59. The lowest BCUT2D eigenvalue weighted by Gasteiger charge is -2.33. The quantitative estimate of drug-likeness (QED) is 0.902. The summed E-state index contributed by atoms with van der Waals surface area (Å²) in [6.45, 7) is 0.240. The number of rotatable bonds is 5. The number of nitrogens with one attached hydrogen (secondary N) is 1. The van der Waals surface area contributed by atoms with Gasteiger partial charge in [0.1, 0.15) is 5.75 Å². The van der Waals surface area contributed by atoms with Gasteiger partial charge in [0.05, 0.1) is 11.7 Å². The molecule has 1 aromatic carbocycles. The second-order valence-electron chi connectivity index (χ2n) is 4.59. The number of halogens is 2. The molecule has 2 rings (SSSR count). The van der Waals surface area contributed by atoms with Crippen molar-refractivity contribution in [2.45, 2.75) is 32.4 Å². The molecular formula is C14H18F2N2O2. The highest BCUT2D eigenvalue weighted by Gasteiger charge is 2.30. The Morgan fingerprint density at radius 3 is 2.90 bits per heavy atom. The summed E-state index contributed by atoms with van der Waals surface area (Å²) >= 11 is 0. The lowest BCUT2D eigenvalue weighted by atomic mass is 10.0. The summed E-state index contributed by atoms with van der Waals surface area (Å²) in [6, 6.07) is 6.14. The van der Waals surface area contributed by atoms with Gasteiger partial charge in [-0.25, -0.2) is 0 Å². The summed E-state index contributed by atoms with van der Waals surface area (Å²) < 4.78 is 29.3. The van der Waals surface area contributed by atoms with Crippen molar-refractivity contribution in [3.8, 4) is 5.75 Å². The number of ether oxygens (including phenoxy) is 1. The highest BCUT2D eigenvalue weighted by atomic mass is 19.3. The number of nitrogens with zero attached hydrogens (tertiary/aromatic N) is 1. The molecule has 110 valence electrons. The molecule has 1 N–H and O–H groups in total. The lowest BCUT2D eigenvalue weighted by Crippen LogP contribution is -2.50. The molecule has 0 aromatic heterocycles. The Morgan fingerprint density at radius 2 is 2.20 bits per heavy atom. The molecule has 6 heteroatoms. The van der Waals surface area contributed by atoms with Gasteiger partial charge in [0, 0.05) is 6.54 Å². The number of alkyl halides is 2. The summed E-state index contributed by atoms with van der Waals surface area (Å²) in [4.78, 5) is 13.9. The average Bonchev–Trinajstić information content (AvgIpc) is 2.42. The van der Waals surface area contributed by atoms with Gasteiger partial charge in [0.25, 0.3) is 0 Å². The van der Waals surface area contributed by atoms with Crippen molar-refractivity contribution in [2.24, 2.45) is 0 Å². The Hall–Kier alpha value is -1.69. The maximum absolute atomic E-state index is 12.4. The minimum atomic E-state index is -2.90. The number of benzene rings is 1. The third kappa shape index (κ3) is 3.25. The van der Waals surface area contributed by atoms with Crippen LogP contribution >= 0.6 is 0 Å². The van der Waals surface area contributed by atoms with E-state index in [1.54, 1.807) is 18.2 Å². The highest BCUT2D eigenvalue weighted by molar-refractivity contribution is 5.99. The summed E-state index contributed by atoms with van der Waals surface area (Å²) in [5.74, 6) is -0.0589. The Labute approximate surface area is 116 Å². The van der Waals surface area contributed by atoms with E-state index >= 15 is 0 Å². The number of hydrogen-bond donors (Lipinski definition) is 1. The Balaban J connectivity index is 2.23. The van der Waals surface area contributed by atoms with Crippen LogP contribution in [0.2, 0.25) is 0 Å². The van der Waals surface area contributed by atoms with Gasteiger partial charge < -0.3 is 15.0 Å². The zero-order chi connectivity index (χ0) is 14.5. The maximum Gasteiger partial charge on any atom is 0.387 e. The number of anilines is 1. The van der Waals surface area contributed by atoms with Crippen LogP contribution in [0.5, 0.6) is 5.75 Å². The van der Waals surface area contributed by atoms with Crippen LogP contribution in [0.15, 0.2) is 24.3 Å². The second-order valence-corrected chi connectivity index (χ2v) is 4.59. The normalized spacial score (nSPS) is 19.5. The molecule has 1 aromatic rings. The predicted molar refractivity (Wildman–Crippen MR) is 72.1 cm³/mol. The fourth-order valence-corrected chi connectivity index (χ4v) is 2.43. The molecule has 1 saturated heterocycles. The lowest BCUT2D eigenvalue weighted by molar-refractivity contribution is -0.121. The van der Waals surface area contributed by atoms with Crippen LogP contribution in [0.4, 0.5) is 14.5 Å². The van der Waals surface area contributed by atoms with Gasteiger partial charge >= 0.3 is 6.61 Å². The molecule has 0 saturated carbocycles. The molecule has 0 aliphatic carbocycles. The number of carbonyl (C=O) groups excluding carboxylic acids is 1. The number of hydrogen-bond acceptors (Lipinski definition) is 3. The van der Waals surface area contributed by atoms with Crippen molar-refractivity contribution in [1.29, 1.82) is 0 Å². The van der Waals surface area contributed by atoms with E-state index in [0.29, 0.717) is 18.8 Å². The van der Waals surface area contributed by atoms with E-state index in [0.717, 1.165) is 12.8 Å². The summed E-state index contributed by atoms with van der Waals surface area (Å²) in [7, 11) is 0. The predicted octanol–water partition coefficient (Wildman–Crippen LogP) is 2.39. The second kappa shape index (κ2) is 6.65. The van der Waals surface area contributed by atoms with Crippen LogP contribution in [0.25, 0.3) is 0 Å². The molecule has 0 radical (unpaired) electrons. The van der Waals surface area contributed by atoms with E-state index in [1.165, 1.54) is 11.0 Å². The molecule has 0 bridgehead atoms. The van der Waals surface area contributed by atoms with E-state index in [2.05, 4.69) is 10.1 Å². The molecule has 0 spiro atoms. The van der Waals surface area contributed by atoms with Crippen LogP contribution in [0.3, 0.4) is 0 Å². The van der Waals surface area contributed by atoms with E-state index in [4.69, 9.17) is 0 Å². The van der Waals surface area contributed by atoms with Crippen LogP contribution < -0.4 is 15.0 Å². The number of piperidine rings is 1. The third-order valence-electron chi connectivity index (χ3n) is 3.26. The largest absolute Gasteiger partial charge is 0.433 e. The van der Waals surface area contributed by atoms with Crippen molar-refractivity contribution < 1.29 is 18.3 Å². The minimum absolute atomic E-state index is 0.0352. The number of likely N-dealkylation sites (N-methyl/N-ethyl adjacent to an activating group) is 1.